The Bertz CT molecular complexity index is 908. The second kappa shape index (κ2) is 14.8. The maximum atomic E-state index is 12.3. The molecule has 8 nitrogen and oxygen atoms in total. The summed E-state index contributed by atoms with van der Waals surface area (Å²) in [4.78, 5) is 35.8. The van der Waals surface area contributed by atoms with Crippen LogP contribution in [0.4, 0.5) is 4.79 Å². The molecule has 9 heteroatoms. The topological polar surface area (TPSA) is 122 Å². The lowest BCUT2D eigenvalue weighted by Gasteiger charge is -2.14. The Morgan fingerprint density at radius 3 is 2.27 bits per heavy atom. The van der Waals surface area contributed by atoms with Gasteiger partial charge in [-0.1, -0.05) is 55.0 Å². The number of rotatable bonds is 14. The highest BCUT2D eigenvalue weighted by atomic mass is 32.2. The van der Waals surface area contributed by atoms with Crippen molar-refractivity contribution in [3.63, 3.8) is 0 Å². The van der Waals surface area contributed by atoms with Gasteiger partial charge < -0.3 is 20.5 Å². The Hall–Kier alpha value is -3.20. The van der Waals surface area contributed by atoms with E-state index >= 15 is 0 Å². The van der Waals surface area contributed by atoms with Crippen molar-refractivity contribution in [1.82, 2.24) is 10.6 Å². The van der Waals surface area contributed by atoms with Gasteiger partial charge in [0, 0.05) is 23.6 Å². The molecule has 2 rings (SSSR count). The molecule has 178 valence electrons. The van der Waals surface area contributed by atoms with Crippen molar-refractivity contribution < 1.29 is 28.4 Å². The van der Waals surface area contributed by atoms with Crippen LogP contribution in [-0.4, -0.2) is 45.6 Å². The molecule has 0 aliphatic heterocycles. The number of carbonyl (C=O) groups is 3. The molecule has 0 fully saturated rings. The van der Waals surface area contributed by atoms with Gasteiger partial charge in [0.05, 0.1) is 10.8 Å². The number of nitrogens with one attached hydrogen (secondary N) is 2. The summed E-state index contributed by atoms with van der Waals surface area (Å²) < 4.78 is 17.4. The minimum absolute atomic E-state index is 0.0809. The smallest absolute Gasteiger partial charge is 0.407 e. The van der Waals surface area contributed by atoms with E-state index in [1.54, 1.807) is 24.3 Å². The largest absolute Gasteiger partial charge is 0.480 e. The third-order valence-electron chi connectivity index (χ3n) is 4.79. The van der Waals surface area contributed by atoms with E-state index in [4.69, 9.17) is 4.74 Å². The monoisotopic (exact) mass is 474 g/mol. The summed E-state index contributed by atoms with van der Waals surface area (Å²) in [5.41, 5.74) is 0.907. The van der Waals surface area contributed by atoms with Crippen LogP contribution in [-0.2, 0) is 31.7 Å². The molecule has 2 aromatic carbocycles. The number of carboxylic acids is 1. The fourth-order valence-corrected chi connectivity index (χ4v) is 4.14. The van der Waals surface area contributed by atoms with Gasteiger partial charge in [0.15, 0.2) is 0 Å². The number of hydrogen-bond donors (Lipinski definition) is 3. The van der Waals surface area contributed by atoms with Gasteiger partial charge in [-0.2, -0.15) is 0 Å². The summed E-state index contributed by atoms with van der Waals surface area (Å²) >= 11 is 0. The van der Waals surface area contributed by atoms with E-state index in [0.29, 0.717) is 30.7 Å². The highest BCUT2D eigenvalue weighted by Gasteiger charge is 2.20. The van der Waals surface area contributed by atoms with Crippen molar-refractivity contribution in [2.45, 2.75) is 49.6 Å². The van der Waals surface area contributed by atoms with E-state index < -0.39 is 28.9 Å². The summed E-state index contributed by atoms with van der Waals surface area (Å²) in [6, 6.07) is 17.1. The maximum absolute atomic E-state index is 12.3. The van der Waals surface area contributed by atoms with Gasteiger partial charge in [-0.25, -0.2) is 9.59 Å². The molecule has 0 heterocycles. The number of hydrogen-bond acceptors (Lipinski definition) is 5. The second-order valence-corrected chi connectivity index (χ2v) is 8.98. The zero-order valence-electron chi connectivity index (χ0n) is 18.4. The fourth-order valence-electron chi connectivity index (χ4n) is 2.99. The number of unbranched alkanes of at least 4 members (excludes halogenated alkanes) is 2. The highest BCUT2D eigenvalue weighted by Crippen LogP contribution is 2.08. The van der Waals surface area contributed by atoms with Gasteiger partial charge in [0.1, 0.15) is 12.6 Å². The van der Waals surface area contributed by atoms with Gasteiger partial charge in [0.25, 0.3) is 0 Å². The quantitative estimate of drug-likeness (QED) is 0.361. The summed E-state index contributed by atoms with van der Waals surface area (Å²) in [5.74, 6) is -1.36. The molecule has 2 aromatic rings. The number of carbonyl (C=O) groups excluding carboxylic acids is 2. The number of aliphatic carboxylic acids is 1. The molecule has 0 radical (unpaired) electrons. The minimum Gasteiger partial charge on any atom is -0.480 e. The van der Waals surface area contributed by atoms with Crippen LogP contribution < -0.4 is 10.6 Å². The second-order valence-electron chi connectivity index (χ2n) is 7.41. The minimum atomic E-state index is -1.32. The van der Waals surface area contributed by atoms with Gasteiger partial charge >= 0.3 is 12.1 Å². The first kappa shape index (κ1) is 26.1. The van der Waals surface area contributed by atoms with Crippen LogP contribution >= 0.6 is 0 Å². The summed E-state index contributed by atoms with van der Waals surface area (Å²) in [6.07, 6.45) is 1.71. The van der Waals surface area contributed by atoms with Crippen LogP contribution in [0.3, 0.4) is 0 Å². The number of ether oxygens (including phenoxy) is 1. The molecule has 0 unspecified atom stereocenters. The average Bonchev–Trinajstić information content (AvgIpc) is 2.83. The SMILES string of the molecule is O=C(CCCCCNC(=O)OCc1ccccc1)N[C@@H](CC[S@](=O)c1ccccc1)C(=O)O. The van der Waals surface area contributed by atoms with Crippen molar-refractivity contribution in [1.29, 1.82) is 0 Å². The fraction of sp³-hybridized carbons (Fsp3) is 0.375. The van der Waals surface area contributed by atoms with E-state index in [-0.39, 0.29) is 31.1 Å². The molecule has 0 spiro atoms. The molecular formula is C24H30N2O6S. The van der Waals surface area contributed by atoms with Crippen LogP contribution in [0.2, 0.25) is 0 Å². The van der Waals surface area contributed by atoms with Gasteiger partial charge in [0.2, 0.25) is 5.91 Å². The first-order valence-corrected chi connectivity index (χ1v) is 12.2. The number of alkyl carbamates (subject to hydrolysis) is 1. The molecular weight excluding hydrogens is 444 g/mol. The third-order valence-corrected chi connectivity index (χ3v) is 6.20. The predicted octanol–water partition coefficient (Wildman–Crippen LogP) is 3.24. The van der Waals surface area contributed by atoms with Gasteiger partial charge in [-0.05, 0) is 37.0 Å². The molecule has 0 saturated heterocycles. The Morgan fingerprint density at radius 1 is 0.939 bits per heavy atom. The number of benzene rings is 2. The van der Waals surface area contributed by atoms with Crippen LogP contribution in [0.1, 0.15) is 37.7 Å². The molecule has 2 atom stereocenters. The van der Waals surface area contributed by atoms with Crippen molar-refractivity contribution in [3.05, 3.63) is 66.2 Å². The van der Waals surface area contributed by atoms with E-state index in [1.165, 1.54) is 0 Å². The van der Waals surface area contributed by atoms with Crippen LogP contribution in [0.25, 0.3) is 0 Å². The van der Waals surface area contributed by atoms with Crippen molar-refractivity contribution in [2.75, 3.05) is 12.3 Å². The molecule has 33 heavy (non-hydrogen) atoms. The number of amides is 2. The van der Waals surface area contributed by atoms with Crippen LogP contribution in [0.5, 0.6) is 0 Å². The van der Waals surface area contributed by atoms with E-state index in [2.05, 4.69) is 10.6 Å². The molecule has 0 bridgehead atoms. The Labute approximate surface area is 196 Å². The maximum Gasteiger partial charge on any atom is 0.407 e. The van der Waals surface area contributed by atoms with Gasteiger partial charge in [-0.15, -0.1) is 0 Å². The Kier molecular flexibility index (Phi) is 11.7. The lowest BCUT2D eigenvalue weighted by molar-refractivity contribution is -0.141. The summed E-state index contributed by atoms with van der Waals surface area (Å²) in [7, 11) is -1.32. The first-order chi connectivity index (χ1) is 16.0. The van der Waals surface area contributed by atoms with Crippen LogP contribution in [0.15, 0.2) is 65.6 Å². The molecule has 0 aliphatic carbocycles. The summed E-state index contributed by atoms with van der Waals surface area (Å²) in [5, 5.41) is 14.5. The van der Waals surface area contributed by atoms with Crippen LogP contribution in [0, 0.1) is 0 Å². The normalized spacial score (nSPS) is 12.4. The highest BCUT2D eigenvalue weighted by molar-refractivity contribution is 7.85. The summed E-state index contributed by atoms with van der Waals surface area (Å²) in [6.45, 7) is 0.634. The molecule has 0 aliphatic rings. The van der Waals surface area contributed by atoms with E-state index in [1.807, 2.05) is 36.4 Å². The predicted molar refractivity (Wildman–Crippen MR) is 125 cm³/mol. The molecule has 0 aromatic heterocycles. The van der Waals surface area contributed by atoms with E-state index in [0.717, 1.165) is 5.56 Å². The van der Waals surface area contributed by atoms with Crippen molar-refractivity contribution >= 4 is 28.8 Å². The number of carboxylic acid groups (broad SMARTS) is 1. The zero-order chi connectivity index (χ0) is 23.9. The molecule has 3 N–H and O–H groups in total. The Balaban J connectivity index is 1.56. The van der Waals surface area contributed by atoms with E-state index in [9.17, 15) is 23.7 Å². The average molecular weight is 475 g/mol. The third kappa shape index (κ3) is 10.8. The molecule has 2 amide bonds. The first-order valence-electron chi connectivity index (χ1n) is 10.9. The standard InChI is InChI=1S/C24H30N2O6S/c27-22(26-21(23(28)29)15-17-33(31)20-12-6-2-7-13-20)14-8-3-9-16-25-24(30)32-18-19-10-4-1-5-11-19/h1-2,4-7,10-13,21H,3,8-9,14-18H2,(H,25,30)(H,26,27)(H,28,29)/t21-,33-/m0/s1. The zero-order valence-corrected chi connectivity index (χ0v) is 19.2. The Morgan fingerprint density at radius 2 is 1.61 bits per heavy atom. The van der Waals surface area contributed by atoms with Crippen molar-refractivity contribution in [2.24, 2.45) is 0 Å². The molecule has 0 saturated carbocycles. The van der Waals surface area contributed by atoms with Gasteiger partial charge in [-0.3, -0.25) is 9.00 Å². The lowest BCUT2D eigenvalue weighted by Crippen LogP contribution is -2.41. The van der Waals surface area contributed by atoms with Crippen molar-refractivity contribution in [3.8, 4) is 0 Å². The lowest BCUT2D eigenvalue weighted by atomic mass is 10.1.